The average molecular weight is 277 g/mol. The number of carbonyl (C=O) groups excluding carboxylic acids is 1. The minimum atomic E-state index is -0.437. The van der Waals surface area contributed by atoms with Crippen molar-refractivity contribution in [3.8, 4) is 0 Å². The van der Waals surface area contributed by atoms with Crippen molar-refractivity contribution < 1.29 is 9.72 Å². The number of aryl methyl sites for hydroxylation is 1. The predicted octanol–water partition coefficient (Wildman–Crippen LogP) is 1.73. The van der Waals surface area contributed by atoms with Crippen LogP contribution in [0.5, 0.6) is 0 Å². The SMILES string of the molecule is Cc1cc(C(=O)NC2CCN(C)CC2)ccc1[N+](=O)[O-]. The summed E-state index contributed by atoms with van der Waals surface area (Å²) in [4.78, 5) is 24.7. The van der Waals surface area contributed by atoms with Crippen LogP contribution in [0.25, 0.3) is 0 Å². The van der Waals surface area contributed by atoms with E-state index in [1.54, 1.807) is 13.0 Å². The lowest BCUT2D eigenvalue weighted by molar-refractivity contribution is -0.385. The fourth-order valence-electron chi connectivity index (χ4n) is 2.42. The zero-order chi connectivity index (χ0) is 14.7. The molecule has 6 heteroatoms. The highest BCUT2D eigenvalue weighted by Crippen LogP contribution is 2.19. The van der Waals surface area contributed by atoms with Gasteiger partial charge < -0.3 is 10.2 Å². The Balaban J connectivity index is 2.02. The Morgan fingerprint density at radius 1 is 1.40 bits per heavy atom. The number of nitrogens with zero attached hydrogens (tertiary/aromatic N) is 2. The third-order valence-corrected chi connectivity index (χ3v) is 3.71. The van der Waals surface area contributed by atoms with Gasteiger partial charge in [0.05, 0.1) is 4.92 Å². The second-order valence-electron chi connectivity index (χ2n) is 5.31. The maximum atomic E-state index is 12.1. The largest absolute Gasteiger partial charge is 0.349 e. The Morgan fingerprint density at radius 2 is 2.05 bits per heavy atom. The summed E-state index contributed by atoms with van der Waals surface area (Å²) in [6.07, 6.45) is 1.88. The Bertz CT molecular complexity index is 522. The van der Waals surface area contributed by atoms with Crippen molar-refractivity contribution in [3.05, 3.63) is 39.4 Å². The molecule has 1 heterocycles. The van der Waals surface area contributed by atoms with Gasteiger partial charge in [-0.25, -0.2) is 0 Å². The van der Waals surface area contributed by atoms with Gasteiger partial charge >= 0.3 is 0 Å². The Morgan fingerprint density at radius 3 is 2.60 bits per heavy atom. The minimum Gasteiger partial charge on any atom is -0.349 e. The highest BCUT2D eigenvalue weighted by Gasteiger charge is 2.20. The van der Waals surface area contributed by atoms with Crippen LogP contribution in [-0.4, -0.2) is 41.9 Å². The summed E-state index contributed by atoms with van der Waals surface area (Å²) < 4.78 is 0. The molecule has 1 aromatic rings. The lowest BCUT2D eigenvalue weighted by Gasteiger charge is -2.29. The van der Waals surface area contributed by atoms with Crippen molar-refractivity contribution in [2.75, 3.05) is 20.1 Å². The van der Waals surface area contributed by atoms with Crippen LogP contribution in [-0.2, 0) is 0 Å². The molecule has 0 atom stereocenters. The molecule has 1 aliphatic rings. The molecule has 108 valence electrons. The number of rotatable bonds is 3. The standard InChI is InChI=1S/C14H19N3O3/c1-10-9-11(3-4-13(10)17(19)20)14(18)15-12-5-7-16(2)8-6-12/h3-4,9,12H,5-8H2,1-2H3,(H,15,18). The van der Waals surface area contributed by atoms with E-state index >= 15 is 0 Å². The second-order valence-corrected chi connectivity index (χ2v) is 5.31. The van der Waals surface area contributed by atoms with Crippen LogP contribution < -0.4 is 5.32 Å². The van der Waals surface area contributed by atoms with Gasteiger partial charge in [-0.3, -0.25) is 14.9 Å². The number of hydrogen-bond acceptors (Lipinski definition) is 4. The molecule has 0 spiro atoms. The van der Waals surface area contributed by atoms with Crippen molar-refractivity contribution in [1.82, 2.24) is 10.2 Å². The summed E-state index contributed by atoms with van der Waals surface area (Å²) in [5, 5.41) is 13.7. The molecule has 0 saturated carbocycles. The van der Waals surface area contributed by atoms with Gasteiger partial charge in [-0.15, -0.1) is 0 Å². The first kappa shape index (κ1) is 14.5. The molecule has 20 heavy (non-hydrogen) atoms. The van der Waals surface area contributed by atoms with Gasteiger partial charge in [0.15, 0.2) is 0 Å². The summed E-state index contributed by atoms with van der Waals surface area (Å²) in [5.74, 6) is -0.155. The van der Waals surface area contributed by atoms with E-state index in [0.717, 1.165) is 25.9 Å². The quantitative estimate of drug-likeness (QED) is 0.674. The number of nitro groups is 1. The highest BCUT2D eigenvalue weighted by molar-refractivity contribution is 5.94. The van der Waals surface area contributed by atoms with Crippen LogP contribution >= 0.6 is 0 Å². The molecule has 1 amide bonds. The number of nitrogens with one attached hydrogen (secondary N) is 1. The topological polar surface area (TPSA) is 75.5 Å². The Kier molecular flexibility index (Phi) is 4.34. The van der Waals surface area contributed by atoms with Crippen LogP contribution in [0.15, 0.2) is 18.2 Å². The number of benzene rings is 1. The van der Waals surface area contributed by atoms with E-state index in [2.05, 4.69) is 17.3 Å². The van der Waals surface area contributed by atoms with E-state index < -0.39 is 4.92 Å². The lowest BCUT2D eigenvalue weighted by Crippen LogP contribution is -2.43. The van der Waals surface area contributed by atoms with Gasteiger partial charge in [-0.05, 0) is 52.0 Å². The third-order valence-electron chi connectivity index (χ3n) is 3.71. The molecule has 0 aliphatic carbocycles. The number of hydrogen-bond donors (Lipinski definition) is 1. The lowest BCUT2D eigenvalue weighted by atomic mass is 10.0. The van der Waals surface area contributed by atoms with E-state index in [1.165, 1.54) is 12.1 Å². The summed E-state index contributed by atoms with van der Waals surface area (Å²) in [6, 6.07) is 4.66. The van der Waals surface area contributed by atoms with Crippen LogP contribution in [0.2, 0.25) is 0 Å². The summed E-state index contributed by atoms with van der Waals surface area (Å²) in [7, 11) is 2.07. The molecule has 6 nitrogen and oxygen atoms in total. The molecule has 2 rings (SSSR count). The van der Waals surface area contributed by atoms with Crippen molar-refractivity contribution in [2.45, 2.75) is 25.8 Å². The molecule has 0 radical (unpaired) electrons. The van der Waals surface area contributed by atoms with Crippen molar-refractivity contribution in [2.24, 2.45) is 0 Å². The maximum absolute atomic E-state index is 12.1. The normalized spacial score (nSPS) is 16.9. The summed E-state index contributed by atoms with van der Waals surface area (Å²) in [6.45, 7) is 3.60. The zero-order valence-corrected chi connectivity index (χ0v) is 11.8. The molecule has 1 saturated heterocycles. The molecule has 0 unspecified atom stereocenters. The molecular weight excluding hydrogens is 258 g/mol. The summed E-state index contributed by atoms with van der Waals surface area (Å²) >= 11 is 0. The summed E-state index contributed by atoms with van der Waals surface area (Å²) in [5.41, 5.74) is 1.03. The molecule has 1 N–H and O–H groups in total. The minimum absolute atomic E-state index is 0.0424. The number of likely N-dealkylation sites (tertiary alicyclic amines) is 1. The number of nitro benzene ring substituents is 1. The van der Waals surface area contributed by atoms with Gasteiger partial charge in [0.2, 0.25) is 0 Å². The Hall–Kier alpha value is -1.95. The smallest absolute Gasteiger partial charge is 0.272 e. The van der Waals surface area contributed by atoms with Gasteiger partial charge in [-0.2, -0.15) is 0 Å². The maximum Gasteiger partial charge on any atom is 0.272 e. The average Bonchev–Trinajstić information content (AvgIpc) is 2.40. The zero-order valence-electron chi connectivity index (χ0n) is 11.8. The van der Waals surface area contributed by atoms with E-state index in [1.807, 2.05) is 0 Å². The fraction of sp³-hybridized carbons (Fsp3) is 0.500. The van der Waals surface area contributed by atoms with Crippen LogP contribution in [0, 0.1) is 17.0 Å². The molecular formula is C14H19N3O3. The van der Waals surface area contributed by atoms with E-state index in [4.69, 9.17) is 0 Å². The van der Waals surface area contributed by atoms with Crippen molar-refractivity contribution >= 4 is 11.6 Å². The number of carbonyl (C=O) groups is 1. The van der Waals surface area contributed by atoms with Gasteiger partial charge in [0, 0.05) is 23.2 Å². The molecule has 1 fully saturated rings. The second kappa shape index (κ2) is 6.00. The monoisotopic (exact) mass is 277 g/mol. The number of piperidine rings is 1. The van der Waals surface area contributed by atoms with Crippen molar-refractivity contribution in [1.29, 1.82) is 0 Å². The van der Waals surface area contributed by atoms with Crippen molar-refractivity contribution in [3.63, 3.8) is 0 Å². The van der Waals surface area contributed by atoms with E-state index in [-0.39, 0.29) is 17.6 Å². The predicted molar refractivity (Wildman–Crippen MR) is 75.8 cm³/mol. The molecule has 1 aromatic carbocycles. The third kappa shape index (κ3) is 3.33. The van der Waals surface area contributed by atoms with Crippen LogP contribution in [0.4, 0.5) is 5.69 Å². The van der Waals surface area contributed by atoms with Crippen LogP contribution in [0.3, 0.4) is 0 Å². The van der Waals surface area contributed by atoms with Crippen LogP contribution in [0.1, 0.15) is 28.8 Å². The Labute approximate surface area is 117 Å². The van der Waals surface area contributed by atoms with E-state index in [0.29, 0.717) is 11.1 Å². The molecule has 0 aromatic heterocycles. The number of amides is 1. The molecule has 1 aliphatic heterocycles. The fourth-order valence-corrected chi connectivity index (χ4v) is 2.42. The first-order valence-corrected chi connectivity index (χ1v) is 6.72. The van der Waals surface area contributed by atoms with Gasteiger partial charge in [-0.1, -0.05) is 0 Å². The first-order chi connectivity index (χ1) is 9.47. The highest BCUT2D eigenvalue weighted by atomic mass is 16.6. The van der Waals surface area contributed by atoms with Gasteiger partial charge in [0.25, 0.3) is 11.6 Å². The van der Waals surface area contributed by atoms with E-state index in [9.17, 15) is 14.9 Å². The van der Waals surface area contributed by atoms with Gasteiger partial charge in [0.1, 0.15) is 0 Å². The first-order valence-electron chi connectivity index (χ1n) is 6.72. The molecule has 0 bridgehead atoms.